The van der Waals surface area contributed by atoms with Crippen LogP contribution in [0.15, 0.2) is 47.2 Å². The highest BCUT2D eigenvalue weighted by molar-refractivity contribution is 5.88. The summed E-state index contributed by atoms with van der Waals surface area (Å²) < 4.78 is 10.5. The van der Waals surface area contributed by atoms with Crippen molar-refractivity contribution in [3.8, 4) is 0 Å². The SMILES string of the molecule is C[C@@H](OC(=O)[C@@H]1CC(=O)N(Cc2ccco2)C1)C(=O)NCc1ccccn1. The van der Waals surface area contributed by atoms with Crippen molar-refractivity contribution in [3.63, 3.8) is 0 Å². The van der Waals surface area contributed by atoms with Crippen LogP contribution < -0.4 is 5.32 Å². The fraction of sp³-hybridized carbons (Fsp3) is 0.368. The molecule has 1 aliphatic heterocycles. The molecule has 1 aliphatic rings. The summed E-state index contributed by atoms with van der Waals surface area (Å²) in [6, 6.07) is 8.91. The van der Waals surface area contributed by atoms with Crippen LogP contribution in [0.4, 0.5) is 0 Å². The van der Waals surface area contributed by atoms with Gasteiger partial charge in [0.25, 0.3) is 5.91 Å². The van der Waals surface area contributed by atoms with Crippen molar-refractivity contribution in [2.75, 3.05) is 6.54 Å². The summed E-state index contributed by atoms with van der Waals surface area (Å²) in [5.41, 5.74) is 0.708. The third kappa shape index (κ3) is 4.93. The van der Waals surface area contributed by atoms with Crippen LogP contribution in [0.3, 0.4) is 0 Å². The molecule has 0 bridgehead atoms. The van der Waals surface area contributed by atoms with Gasteiger partial charge in [-0.1, -0.05) is 6.07 Å². The third-order valence-electron chi connectivity index (χ3n) is 4.31. The average molecular weight is 371 g/mol. The lowest BCUT2D eigenvalue weighted by atomic mass is 10.1. The van der Waals surface area contributed by atoms with Gasteiger partial charge >= 0.3 is 5.97 Å². The third-order valence-corrected chi connectivity index (χ3v) is 4.31. The van der Waals surface area contributed by atoms with Crippen LogP contribution in [0.2, 0.25) is 0 Å². The van der Waals surface area contributed by atoms with Crippen LogP contribution >= 0.6 is 0 Å². The van der Waals surface area contributed by atoms with E-state index in [2.05, 4.69) is 10.3 Å². The first-order valence-electron chi connectivity index (χ1n) is 8.71. The molecule has 2 amide bonds. The Balaban J connectivity index is 1.46. The molecule has 2 aromatic heterocycles. The van der Waals surface area contributed by atoms with Crippen molar-refractivity contribution in [1.29, 1.82) is 0 Å². The molecule has 142 valence electrons. The first-order valence-corrected chi connectivity index (χ1v) is 8.71. The van der Waals surface area contributed by atoms with Crippen LogP contribution in [0.5, 0.6) is 0 Å². The van der Waals surface area contributed by atoms with E-state index in [9.17, 15) is 14.4 Å². The predicted molar refractivity (Wildman–Crippen MR) is 93.9 cm³/mol. The number of hydrogen-bond acceptors (Lipinski definition) is 6. The summed E-state index contributed by atoms with van der Waals surface area (Å²) in [5, 5.41) is 2.67. The Morgan fingerprint density at radius 1 is 1.37 bits per heavy atom. The zero-order valence-electron chi connectivity index (χ0n) is 15.0. The molecular weight excluding hydrogens is 350 g/mol. The van der Waals surface area contributed by atoms with Crippen LogP contribution in [0.25, 0.3) is 0 Å². The van der Waals surface area contributed by atoms with E-state index in [-0.39, 0.29) is 25.4 Å². The summed E-state index contributed by atoms with van der Waals surface area (Å²) in [6.45, 7) is 2.32. The second-order valence-corrected chi connectivity index (χ2v) is 6.37. The van der Waals surface area contributed by atoms with Crippen molar-refractivity contribution < 1.29 is 23.5 Å². The molecule has 0 unspecified atom stereocenters. The van der Waals surface area contributed by atoms with Crippen molar-refractivity contribution in [2.24, 2.45) is 5.92 Å². The first kappa shape index (κ1) is 18.6. The molecule has 1 N–H and O–H groups in total. The fourth-order valence-corrected chi connectivity index (χ4v) is 2.82. The van der Waals surface area contributed by atoms with Gasteiger partial charge in [0.1, 0.15) is 5.76 Å². The Labute approximate surface area is 156 Å². The van der Waals surface area contributed by atoms with E-state index in [0.717, 1.165) is 0 Å². The second-order valence-electron chi connectivity index (χ2n) is 6.37. The van der Waals surface area contributed by atoms with Crippen LogP contribution in [-0.2, 0) is 32.2 Å². The minimum absolute atomic E-state index is 0.0712. The van der Waals surface area contributed by atoms with Gasteiger partial charge < -0.3 is 19.4 Å². The number of hydrogen-bond donors (Lipinski definition) is 1. The Morgan fingerprint density at radius 2 is 2.22 bits per heavy atom. The van der Waals surface area contributed by atoms with Gasteiger partial charge in [-0.15, -0.1) is 0 Å². The van der Waals surface area contributed by atoms with Gasteiger partial charge in [0.15, 0.2) is 6.10 Å². The molecule has 3 rings (SSSR count). The van der Waals surface area contributed by atoms with Crippen LogP contribution in [0.1, 0.15) is 24.8 Å². The van der Waals surface area contributed by atoms with E-state index < -0.39 is 23.9 Å². The number of carbonyl (C=O) groups is 3. The monoisotopic (exact) mass is 371 g/mol. The molecule has 8 heteroatoms. The van der Waals surface area contributed by atoms with Gasteiger partial charge in [0.05, 0.1) is 31.0 Å². The maximum atomic E-state index is 12.3. The van der Waals surface area contributed by atoms with E-state index in [1.807, 2.05) is 6.07 Å². The number of likely N-dealkylation sites (tertiary alicyclic amines) is 1. The normalized spacial score (nSPS) is 17.6. The molecule has 0 aromatic carbocycles. The molecule has 2 aromatic rings. The quantitative estimate of drug-likeness (QED) is 0.736. The number of furan rings is 1. The fourth-order valence-electron chi connectivity index (χ4n) is 2.82. The maximum Gasteiger partial charge on any atom is 0.312 e. The molecule has 1 fully saturated rings. The van der Waals surface area contributed by atoms with Gasteiger partial charge in [0.2, 0.25) is 5.91 Å². The summed E-state index contributed by atoms with van der Waals surface area (Å²) in [4.78, 5) is 42.2. The largest absolute Gasteiger partial charge is 0.467 e. The Hall–Kier alpha value is -3.16. The lowest BCUT2D eigenvalue weighted by molar-refractivity contribution is -0.158. The minimum atomic E-state index is -0.949. The van der Waals surface area contributed by atoms with E-state index >= 15 is 0 Å². The minimum Gasteiger partial charge on any atom is -0.467 e. The highest BCUT2D eigenvalue weighted by Gasteiger charge is 2.36. The van der Waals surface area contributed by atoms with E-state index in [1.165, 1.54) is 13.2 Å². The number of rotatable bonds is 7. The first-order chi connectivity index (χ1) is 13.0. The van der Waals surface area contributed by atoms with E-state index in [4.69, 9.17) is 9.15 Å². The summed E-state index contributed by atoms with van der Waals surface area (Å²) in [6.07, 6.45) is 2.29. The Morgan fingerprint density at radius 3 is 2.93 bits per heavy atom. The number of pyridine rings is 1. The van der Waals surface area contributed by atoms with Gasteiger partial charge in [-0.3, -0.25) is 19.4 Å². The van der Waals surface area contributed by atoms with Crippen LogP contribution in [-0.4, -0.2) is 40.3 Å². The molecule has 2 atom stereocenters. The molecule has 8 nitrogen and oxygen atoms in total. The average Bonchev–Trinajstić information content (AvgIpc) is 3.31. The number of carbonyl (C=O) groups excluding carboxylic acids is 3. The molecule has 3 heterocycles. The highest BCUT2D eigenvalue weighted by atomic mass is 16.5. The predicted octanol–water partition coefficient (Wildman–Crippen LogP) is 1.27. The second kappa shape index (κ2) is 8.48. The van der Waals surface area contributed by atoms with Gasteiger partial charge in [0, 0.05) is 19.2 Å². The van der Waals surface area contributed by atoms with E-state index in [1.54, 1.807) is 35.4 Å². The maximum absolute atomic E-state index is 12.3. The number of nitrogens with zero attached hydrogens (tertiary/aromatic N) is 2. The molecular formula is C19H21N3O5. The molecule has 0 radical (unpaired) electrons. The van der Waals surface area contributed by atoms with Crippen molar-refractivity contribution in [2.45, 2.75) is 32.5 Å². The number of nitrogens with one attached hydrogen (secondary N) is 1. The number of aromatic nitrogens is 1. The van der Waals surface area contributed by atoms with E-state index in [0.29, 0.717) is 18.0 Å². The van der Waals surface area contributed by atoms with Crippen molar-refractivity contribution >= 4 is 17.8 Å². The van der Waals surface area contributed by atoms with Gasteiger partial charge in [-0.05, 0) is 31.2 Å². The summed E-state index contributed by atoms with van der Waals surface area (Å²) in [5.74, 6) is -1.03. The standard InChI is InChI=1S/C19H21N3O5/c1-13(18(24)21-10-15-5-2-3-7-20-15)27-19(25)14-9-17(23)22(11-14)12-16-6-4-8-26-16/h2-8,13-14H,9-12H2,1H3,(H,21,24)/t13-,14-/m1/s1. The highest BCUT2D eigenvalue weighted by Crippen LogP contribution is 2.22. The topological polar surface area (TPSA) is 102 Å². The zero-order chi connectivity index (χ0) is 19.2. The smallest absolute Gasteiger partial charge is 0.312 e. The molecule has 0 saturated carbocycles. The lowest BCUT2D eigenvalue weighted by Gasteiger charge is -2.17. The molecule has 27 heavy (non-hydrogen) atoms. The van der Waals surface area contributed by atoms with Gasteiger partial charge in [-0.2, -0.15) is 0 Å². The van der Waals surface area contributed by atoms with Crippen molar-refractivity contribution in [1.82, 2.24) is 15.2 Å². The van der Waals surface area contributed by atoms with Crippen LogP contribution in [0, 0.1) is 5.92 Å². The number of amides is 2. The van der Waals surface area contributed by atoms with Crippen molar-refractivity contribution in [3.05, 3.63) is 54.2 Å². The number of ether oxygens (including phenoxy) is 1. The molecule has 0 aliphatic carbocycles. The molecule has 0 spiro atoms. The molecule has 1 saturated heterocycles. The Kier molecular flexibility index (Phi) is 5.85. The summed E-state index contributed by atoms with van der Waals surface area (Å²) in [7, 11) is 0. The Bertz CT molecular complexity index is 791. The summed E-state index contributed by atoms with van der Waals surface area (Å²) >= 11 is 0. The lowest BCUT2D eigenvalue weighted by Crippen LogP contribution is -2.37. The van der Waals surface area contributed by atoms with Gasteiger partial charge in [-0.25, -0.2) is 0 Å². The number of esters is 1. The zero-order valence-corrected chi connectivity index (χ0v) is 15.0.